The largest absolute Gasteiger partial charge is 0.491 e. The number of carbonyl (C=O) groups is 1. The molecule has 0 heterocycles. The lowest BCUT2D eigenvalue weighted by Crippen LogP contribution is -2.40. The number of carbonyl (C=O) groups excluding carboxylic acids is 1. The lowest BCUT2D eigenvalue weighted by atomic mass is 9.86. The van der Waals surface area contributed by atoms with Gasteiger partial charge < -0.3 is 20.3 Å². The molecule has 2 N–H and O–H groups in total. The van der Waals surface area contributed by atoms with Crippen LogP contribution < -0.4 is 15.4 Å². The zero-order valence-corrected chi connectivity index (χ0v) is 19.7. The molecular formula is C25H36N4O2. The number of ether oxygens (including phenoxy) is 1. The van der Waals surface area contributed by atoms with Crippen molar-refractivity contribution in [2.45, 2.75) is 32.6 Å². The molecule has 2 aromatic rings. The summed E-state index contributed by atoms with van der Waals surface area (Å²) >= 11 is 0. The first kappa shape index (κ1) is 24.3. The fraction of sp³-hybridized carbons (Fsp3) is 0.440. The smallest absolute Gasteiger partial charge is 0.253 e. The van der Waals surface area contributed by atoms with E-state index >= 15 is 0 Å². The summed E-state index contributed by atoms with van der Waals surface area (Å²) in [5.74, 6) is 1.67. The van der Waals surface area contributed by atoms with Crippen LogP contribution in [0.5, 0.6) is 5.75 Å². The highest BCUT2D eigenvalue weighted by atomic mass is 16.5. The molecule has 0 bridgehead atoms. The normalized spacial score (nSPS) is 11.7. The number of hydrogen-bond donors (Lipinski definition) is 2. The molecule has 0 aliphatic heterocycles. The zero-order chi connectivity index (χ0) is 22.9. The van der Waals surface area contributed by atoms with E-state index in [1.54, 1.807) is 26.0 Å². The van der Waals surface area contributed by atoms with Gasteiger partial charge in [-0.25, -0.2) is 0 Å². The summed E-state index contributed by atoms with van der Waals surface area (Å²) in [6, 6.07) is 15.9. The molecule has 0 aliphatic carbocycles. The monoisotopic (exact) mass is 424 g/mol. The Morgan fingerprint density at radius 2 is 1.74 bits per heavy atom. The molecule has 2 rings (SSSR count). The van der Waals surface area contributed by atoms with Crippen LogP contribution in [0.15, 0.2) is 53.5 Å². The molecule has 0 unspecified atom stereocenters. The number of aliphatic imine (C=N–C) groups is 1. The van der Waals surface area contributed by atoms with Gasteiger partial charge in [0.1, 0.15) is 12.4 Å². The SMILES string of the molecule is CN=C(NCCOc1ccccc1C(C)(C)C)NCCc1cccc(C(=O)N(C)C)c1. The average Bonchev–Trinajstić information content (AvgIpc) is 2.74. The highest BCUT2D eigenvalue weighted by Gasteiger charge is 2.18. The van der Waals surface area contributed by atoms with Crippen molar-refractivity contribution in [1.82, 2.24) is 15.5 Å². The van der Waals surface area contributed by atoms with Crippen LogP contribution in [0.4, 0.5) is 0 Å². The molecule has 0 atom stereocenters. The van der Waals surface area contributed by atoms with Crippen LogP contribution >= 0.6 is 0 Å². The minimum absolute atomic E-state index is 0.0142. The molecule has 0 aromatic heterocycles. The van der Waals surface area contributed by atoms with Crippen LogP contribution in [0.1, 0.15) is 42.3 Å². The summed E-state index contributed by atoms with van der Waals surface area (Å²) in [6.45, 7) is 8.46. The summed E-state index contributed by atoms with van der Waals surface area (Å²) in [7, 11) is 5.27. The van der Waals surface area contributed by atoms with Gasteiger partial charge in [0.15, 0.2) is 5.96 Å². The number of amides is 1. The Labute approximate surface area is 186 Å². The fourth-order valence-electron chi connectivity index (χ4n) is 3.21. The van der Waals surface area contributed by atoms with Gasteiger partial charge in [0.05, 0.1) is 6.54 Å². The van der Waals surface area contributed by atoms with E-state index in [0.29, 0.717) is 25.3 Å². The van der Waals surface area contributed by atoms with Gasteiger partial charge in [-0.05, 0) is 41.2 Å². The second kappa shape index (κ2) is 11.4. The van der Waals surface area contributed by atoms with E-state index in [-0.39, 0.29) is 11.3 Å². The first-order valence-corrected chi connectivity index (χ1v) is 10.7. The lowest BCUT2D eigenvalue weighted by molar-refractivity contribution is 0.0827. The van der Waals surface area contributed by atoms with E-state index in [0.717, 1.165) is 23.7 Å². The number of rotatable bonds is 8. The van der Waals surface area contributed by atoms with Crippen molar-refractivity contribution in [3.63, 3.8) is 0 Å². The van der Waals surface area contributed by atoms with Crippen molar-refractivity contribution in [2.75, 3.05) is 40.8 Å². The van der Waals surface area contributed by atoms with Gasteiger partial charge in [0.25, 0.3) is 5.91 Å². The van der Waals surface area contributed by atoms with E-state index in [2.05, 4.69) is 42.5 Å². The molecule has 6 nitrogen and oxygen atoms in total. The summed E-state index contributed by atoms with van der Waals surface area (Å²) in [6.07, 6.45) is 0.796. The van der Waals surface area contributed by atoms with E-state index in [9.17, 15) is 4.79 Å². The number of para-hydroxylation sites is 1. The average molecular weight is 425 g/mol. The predicted octanol–water partition coefficient (Wildman–Crippen LogP) is 3.47. The third-order valence-electron chi connectivity index (χ3n) is 4.86. The van der Waals surface area contributed by atoms with E-state index in [1.807, 2.05) is 42.5 Å². The molecule has 6 heteroatoms. The fourth-order valence-corrected chi connectivity index (χ4v) is 3.21. The topological polar surface area (TPSA) is 66.0 Å². The van der Waals surface area contributed by atoms with E-state index in [1.165, 1.54) is 5.56 Å². The van der Waals surface area contributed by atoms with Crippen molar-refractivity contribution in [1.29, 1.82) is 0 Å². The number of benzene rings is 2. The molecule has 0 fully saturated rings. The van der Waals surface area contributed by atoms with Crippen LogP contribution in [-0.2, 0) is 11.8 Å². The Kier molecular flexibility index (Phi) is 8.91. The second-order valence-electron chi connectivity index (χ2n) is 8.67. The third-order valence-corrected chi connectivity index (χ3v) is 4.86. The van der Waals surface area contributed by atoms with Crippen LogP contribution in [0.25, 0.3) is 0 Å². The number of nitrogens with zero attached hydrogens (tertiary/aromatic N) is 2. The lowest BCUT2D eigenvalue weighted by Gasteiger charge is -2.22. The highest BCUT2D eigenvalue weighted by molar-refractivity contribution is 5.94. The summed E-state index contributed by atoms with van der Waals surface area (Å²) < 4.78 is 6.01. The Hall–Kier alpha value is -3.02. The Bertz CT molecular complexity index is 885. The van der Waals surface area contributed by atoms with Crippen LogP contribution in [0, 0.1) is 0 Å². The van der Waals surface area contributed by atoms with Crippen molar-refractivity contribution in [3.05, 3.63) is 65.2 Å². The summed E-state index contributed by atoms with van der Waals surface area (Å²) in [5, 5.41) is 6.59. The second-order valence-corrected chi connectivity index (χ2v) is 8.67. The Balaban J connectivity index is 1.78. The van der Waals surface area contributed by atoms with Gasteiger partial charge in [0.2, 0.25) is 0 Å². The maximum absolute atomic E-state index is 12.1. The van der Waals surface area contributed by atoms with Crippen LogP contribution in [-0.4, -0.2) is 57.6 Å². The molecular weight excluding hydrogens is 388 g/mol. The van der Waals surface area contributed by atoms with Crippen LogP contribution in [0.2, 0.25) is 0 Å². The Morgan fingerprint density at radius 1 is 1.03 bits per heavy atom. The first-order valence-electron chi connectivity index (χ1n) is 10.7. The zero-order valence-electron chi connectivity index (χ0n) is 19.7. The highest BCUT2D eigenvalue weighted by Crippen LogP contribution is 2.30. The molecule has 168 valence electrons. The van der Waals surface area contributed by atoms with Gasteiger partial charge in [0, 0.05) is 33.3 Å². The minimum Gasteiger partial charge on any atom is -0.491 e. The van der Waals surface area contributed by atoms with Crippen molar-refractivity contribution in [2.24, 2.45) is 4.99 Å². The van der Waals surface area contributed by atoms with Gasteiger partial charge in [-0.2, -0.15) is 0 Å². The standard InChI is InChI=1S/C25H36N4O2/c1-25(2,3)21-12-7-8-13-22(21)31-17-16-28-24(26-4)27-15-14-19-10-9-11-20(18-19)23(30)29(5)6/h7-13,18H,14-17H2,1-6H3,(H2,26,27,28). The van der Waals surface area contributed by atoms with Crippen molar-refractivity contribution in [3.8, 4) is 5.75 Å². The molecule has 31 heavy (non-hydrogen) atoms. The van der Waals surface area contributed by atoms with Gasteiger partial charge in [-0.1, -0.05) is 51.1 Å². The van der Waals surface area contributed by atoms with Gasteiger partial charge in [-0.3, -0.25) is 9.79 Å². The van der Waals surface area contributed by atoms with Crippen molar-refractivity contribution < 1.29 is 9.53 Å². The predicted molar refractivity (Wildman–Crippen MR) is 128 cm³/mol. The Morgan fingerprint density at radius 3 is 2.42 bits per heavy atom. The van der Waals surface area contributed by atoms with Crippen molar-refractivity contribution >= 4 is 11.9 Å². The van der Waals surface area contributed by atoms with E-state index in [4.69, 9.17) is 4.74 Å². The third kappa shape index (κ3) is 7.63. The number of guanidine groups is 1. The number of nitrogens with one attached hydrogen (secondary N) is 2. The van der Waals surface area contributed by atoms with E-state index < -0.39 is 0 Å². The first-order chi connectivity index (χ1) is 14.7. The molecule has 0 saturated carbocycles. The minimum atomic E-state index is 0.0142. The number of hydrogen-bond acceptors (Lipinski definition) is 3. The van der Waals surface area contributed by atoms with Gasteiger partial charge in [-0.15, -0.1) is 0 Å². The molecule has 1 amide bonds. The maximum atomic E-state index is 12.1. The quantitative estimate of drug-likeness (QED) is 0.387. The molecule has 0 spiro atoms. The molecule has 0 saturated heterocycles. The molecule has 0 aliphatic rings. The summed E-state index contributed by atoms with van der Waals surface area (Å²) in [5.41, 5.74) is 3.05. The summed E-state index contributed by atoms with van der Waals surface area (Å²) in [4.78, 5) is 18.0. The maximum Gasteiger partial charge on any atom is 0.253 e. The molecule has 0 radical (unpaired) electrons. The van der Waals surface area contributed by atoms with Crippen LogP contribution in [0.3, 0.4) is 0 Å². The van der Waals surface area contributed by atoms with Gasteiger partial charge >= 0.3 is 0 Å². The molecule has 2 aromatic carbocycles.